The number of amides is 1. The molecule has 13 heavy (non-hydrogen) atoms. The molecule has 1 N–H and O–H groups in total. The van der Waals surface area contributed by atoms with Crippen molar-refractivity contribution in [1.29, 1.82) is 0 Å². The van der Waals surface area contributed by atoms with Crippen LogP contribution in [-0.2, 0) is 4.79 Å². The smallest absolute Gasteiger partial charge is 0.220 e. The van der Waals surface area contributed by atoms with E-state index in [0.29, 0.717) is 18.9 Å². The van der Waals surface area contributed by atoms with E-state index in [1.54, 1.807) is 6.08 Å². The molecule has 0 aliphatic heterocycles. The maximum absolute atomic E-state index is 11.2. The van der Waals surface area contributed by atoms with Crippen molar-refractivity contribution in [2.75, 3.05) is 6.54 Å². The zero-order chi connectivity index (χ0) is 10.1. The lowest BCUT2D eigenvalue weighted by atomic mass is 10.0. The predicted molar refractivity (Wildman–Crippen MR) is 56.5 cm³/mol. The molecule has 0 saturated heterocycles. The van der Waals surface area contributed by atoms with E-state index in [1.165, 1.54) is 12.8 Å². The van der Waals surface area contributed by atoms with Crippen molar-refractivity contribution >= 4 is 5.91 Å². The maximum atomic E-state index is 11.2. The molecule has 2 heteroatoms. The first-order valence-electron chi connectivity index (χ1n) is 5.08. The molecule has 0 aromatic heterocycles. The number of unbranched alkanes of at least 4 members (excludes halogenated alkanes) is 1. The van der Waals surface area contributed by atoms with E-state index >= 15 is 0 Å². The molecule has 0 radical (unpaired) electrons. The van der Waals surface area contributed by atoms with Gasteiger partial charge in [-0.25, -0.2) is 0 Å². The van der Waals surface area contributed by atoms with Crippen molar-refractivity contribution in [2.24, 2.45) is 5.92 Å². The first-order valence-corrected chi connectivity index (χ1v) is 5.08. The average Bonchev–Trinajstić information content (AvgIpc) is 2.11. The number of hydrogen-bond acceptors (Lipinski definition) is 1. The van der Waals surface area contributed by atoms with Gasteiger partial charge < -0.3 is 5.32 Å². The van der Waals surface area contributed by atoms with E-state index < -0.39 is 0 Å². The molecule has 0 saturated carbocycles. The minimum atomic E-state index is 0.142. The Morgan fingerprint density at radius 2 is 2.31 bits per heavy atom. The topological polar surface area (TPSA) is 29.1 Å². The van der Waals surface area contributed by atoms with Crippen molar-refractivity contribution in [3.05, 3.63) is 12.7 Å². The zero-order valence-electron chi connectivity index (χ0n) is 8.81. The standard InChI is InChI=1S/C11H21NO/c1-4-6-7-10(3)9-11(13)12-8-5-2/h5,10H,2,4,6-9H2,1,3H3,(H,12,13). The molecule has 1 amide bonds. The minimum absolute atomic E-state index is 0.142. The van der Waals surface area contributed by atoms with E-state index in [-0.39, 0.29) is 5.91 Å². The lowest BCUT2D eigenvalue weighted by molar-refractivity contribution is -0.121. The summed E-state index contributed by atoms with van der Waals surface area (Å²) < 4.78 is 0. The Labute approximate surface area is 81.4 Å². The summed E-state index contributed by atoms with van der Waals surface area (Å²) in [6.45, 7) is 8.43. The van der Waals surface area contributed by atoms with E-state index in [2.05, 4.69) is 25.7 Å². The summed E-state index contributed by atoms with van der Waals surface area (Å²) in [7, 11) is 0. The largest absolute Gasteiger partial charge is 0.353 e. The lowest BCUT2D eigenvalue weighted by Gasteiger charge is -2.09. The molecule has 0 fully saturated rings. The minimum Gasteiger partial charge on any atom is -0.353 e. The Balaban J connectivity index is 3.46. The van der Waals surface area contributed by atoms with Crippen LogP contribution in [0.5, 0.6) is 0 Å². The van der Waals surface area contributed by atoms with Crippen molar-refractivity contribution < 1.29 is 4.79 Å². The van der Waals surface area contributed by atoms with Crippen LogP contribution < -0.4 is 5.32 Å². The highest BCUT2D eigenvalue weighted by atomic mass is 16.1. The number of rotatable bonds is 7. The predicted octanol–water partition coefficient (Wildman–Crippen LogP) is 2.51. The van der Waals surface area contributed by atoms with Crippen LogP contribution in [0.1, 0.15) is 39.5 Å². The van der Waals surface area contributed by atoms with Gasteiger partial charge in [0.15, 0.2) is 0 Å². The van der Waals surface area contributed by atoms with E-state index in [1.807, 2.05) is 0 Å². The van der Waals surface area contributed by atoms with Crippen LogP contribution in [0.15, 0.2) is 12.7 Å². The summed E-state index contributed by atoms with van der Waals surface area (Å²) in [4.78, 5) is 11.2. The Kier molecular flexibility index (Phi) is 7.36. The maximum Gasteiger partial charge on any atom is 0.220 e. The number of nitrogens with one attached hydrogen (secondary N) is 1. The van der Waals surface area contributed by atoms with Crippen LogP contribution in [-0.4, -0.2) is 12.5 Å². The molecule has 1 atom stereocenters. The van der Waals surface area contributed by atoms with Gasteiger partial charge in [-0.05, 0) is 5.92 Å². The molecule has 0 spiro atoms. The van der Waals surface area contributed by atoms with Crippen LogP contribution in [0, 0.1) is 5.92 Å². The summed E-state index contributed by atoms with van der Waals surface area (Å²) in [5.74, 6) is 0.647. The Morgan fingerprint density at radius 1 is 1.62 bits per heavy atom. The number of carbonyl (C=O) groups is 1. The van der Waals surface area contributed by atoms with Gasteiger partial charge in [0.1, 0.15) is 0 Å². The third kappa shape index (κ3) is 7.57. The van der Waals surface area contributed by atoms with E-state index in [0.717, 1.165) is 6.42 Å². The number of carbonyl (C=O) groups excluding carboxylic acids is 1. The van der Waals surface area contributed by atoms with Crippen LogP contribution in [0.4, 0.5) is 0 Å². The molecule has 0 bridgehead atoms. The van der Waals surface area contributed by atoms with Crippen LogP contribution in [0.2, 0.25) is 0 Å². The van der Waals surface area contributed by atoms with Crippen molar-refractivity contribution in [1.82, 2.24) is 5.32 Å². The summed E-state index contributed by atoms with van der Waals surface area (Å²) in [5, 5.41) is 2.78. The molecule has 0 aromatic rings. The first kappa shape index (κ1) is 12.2. The van der Waals surface area contributed by atoms with E-state index in [4.69, 9.17) is 0 Å². The van der Waals surface area contributed by atoms with Crippen LogP contribution >= 0.6 is 0 Å². The average molecular weight is 183 g/mol. The lowest BCUT2D eigenvalue weighted by Crippen LogP contribution is -2.24. The van der Waals surface area contributed by atoms with Gasteiger partial charge in [-0.2, -0.15) is 0 Å². The summed E-state index contributed by atoms with van der Waals surface area (Å²) in [5.41, 5.74) is 0. The second-order valence-electron chi connectivity index (χ2n) is 3.54. The summed E-state index contributed by atoms with van der Waals surface area (Å²) in [6.07, 6.45) is 5.93. The fourth-order valence-corrected chi connectivity index (χ4v) is 1.23. The van der Waals surface area contributed by atoms with Gasteiger partial charge in [0.25, 0.3) is 0 Å². The highest BCUT2D eigenvalue weighted by molar-refractivity contribution is 5.76. The molecule has 1 unspecified atom stereocenters. The highest BCUT2D eigenvalue weighted by Gasteiger charge is 2.06. The van der Waals surface area contributed by atoms with Crippen LogP contribution in [0.25, 0.3) is 0 Å². The van der Waals surface area contributed by atoms with Gasteiger partial charge >= 0.3 is 0 Å². The molecular weight excluding hydrogens is 162 g/mol. The Hall–Kier alpha value is -0.790. The number of hydrogen-bond donors (Lipinski definition) is 1. The summed E-state index contributed by atoms with van der Waals surface area (Å²) >= 11 is 0. The van der Waals surface area contributed by atoms with Crippen molar-refractivity contribution in [2.45, 2.75) is 39.5 Å². The molecule has 0 rings (SSSR count). The Bertz CT molecular complexity index is 154. The molecular formula is C11H21NO. The fourth-order valence-electron chi connectivity index (χ4n) is 1.23. The monoisotopic (exact) mass is 183 g/mol. The van der Waals surface area contributed by atoms with E-state index in [9.17, 15) is 4.79 Å². The van der Waals surface area contributed by atoms with Crippen LogP contribution in [0.3, 0.4) is 0 Å². The highest BCUT2D eigenvalue weighted by Crippen LogP contribution is 2.11. The fraction of sp³-hybridized carbons (Fsp3) is 0.727. The Morgan fingerprint density at radius 3 is 2.85 bits per heavy atom. The summed E-state index contributed by atoms with van der Waals surface area (Å²) in [6, 6.07) is 0. The molecule has 76 valence electrons. The van der Waals surface area contributed by atoms with Gasteiger partial charge in [-0.1, -0.05) is 39.2 Å². The molecule has 0 aromatic carbocycles. The quantitative estimate of drug-likeness (QED) is 0.604. The first-order chi connectivity index (χ1) is 6.20. The molecule has 0 heterocycles. The normalized spacial score (nSPS) is 12.2. The molecule has 0 aliphatic carbocycles. The molecule has 2 nitrogen and oxygen atoms in total. The van der Waals surface area contributed by atoms with Crippen molar-refractivity contribution in [3.8, 4) is 0 Å². The van der Waals surface area contributed by atoms with Gasteiger partial charge in [0, 0.05) is 13.0 Å². The second-order valence-corrected chi connectivity index (χ2v) is 3.54. The van der Waals surface area contributed by atoms with Gasteiger partial charge in [-0.3, -0.25) is 4.79 Å². The van der Waals surface area contributed by atoms with Gasteiger partial charge in [-0.15, -0.1) is 6.58 Å². The second kappa shape index (κ2) is 7.84. The van der Waals surface area contributed by atoms with Crippen molar-refractivity contribution in [3.63, 3.8) is 0 Å². The third-order valence-corrected chi connectivity index (χ3v) is 2.03. The van der Waals surface area contributed by atoms with Gasteiger partial charge in [0.2, 0.25) is 5.91 Å². The van der Waals surface area contributed by atoms with Gasteiger partial charge in [0.05, 0.1) is 0 Å². The zero-order valence-corrected chi connectivity index (χ0v) is 8.81. The SMILES string of the molecule is C=CCNC(=O)CC(C)CCCC. The molecule has 0 aliphatic rings. The third-order valence-electron chi connectivity index (χ3n) is 2.03.